The molecule has 0 amide bonds. The van der Waals surface area contributed by atoms with Crippen LogP contribution in [0, 0.1) is 0 Å². The molecule has 2 N–H and O–H groups in total. The van der Waals surface area contributed by atoms with E-state index in [-0.39, 0.29) is 0 Å². The average molecular weight is 269 g/mol. The van der Waals surface area contributed by atoms with Crippen LogP contribution in [-0.4, -0.2) is 18.1 Å². The van der Waals surface area contributed by atoms with Crippen molar-refractivity contribution < 1.29 is 0 Å². The Bertz CT molecular complexity index is 588. The summed E-state index contributed by atoms with van der Waals surface area (Å²) in [5.41, 5.74) is 8.15. The van der Waals surface area contributed by atoms with E-state index in [1.807, 2.05) is 6.07 Å². The van der Waals surface area contributed by atoms with Crippen LogP contribution < -0.4 is 10.6 Å². The third kappa shape index (κ3) is 2.50. The van der Waals surface area contributed by atoms with Crippen molar-refractivity contribution in [3.8, 4) is 0 Å². The van der Waals surface area contributed by atoms with Crippen molar-refractivity contribution >= 4 is 16.7 Å². The van der Waals surface area contributed by atoms with Gasteiger partial charge in [-0.3, -0.25) is 0 Å². The lowest BCUT2D eigenvalue weighted by Crippen LogP contribution is -2.34. The van der Waals surface area contributed by atoms with Gasteiger partial charge in [-0.2, -0.15) is 0 Å². The van der Waals surface area contributed by atoms with Gasteiger partial charge >= 0.3 is 0 Å². The molecule has 3 heteroatoms. The second-order valence-corrected chi connectivity index (χ2v) is 5.77. The summed E-state index contributed by atoms with van der Waals surface area (Å²) in [4.78, 5) is 7.22. The summed E-state index contributed by atoms with van der Waals surface area (Å²) in [7, 11) is 2.17. The minimum absolute atomic E-state index is 0.546. The van der Waals surface area contributed by atoms with E-state index in [4.69, 9.17) is 10.7 Å². The molecule has 0 saturated heterocycles. The number of hydrogen-bond donors (Lipinski definition) is 1. The highest BCUT2D eigenvalue weighted by molar-refractivity contribution is 5.81. The van der Waals surface area contributed by atoms with Crippen molar-refractivity contribution in [2.45, 2.75) is 44.7 Å². The van der Waals surface area contributed by atoms with Gasteiger partial charge in [-0.25, -0.2) is 4.98 Å². The van der Waals surface area contributed by atoms with E-state index < -0.39 is 0 Å². The molecule has 1 aromatic heterocycles. The average Bonchev–Trinajstić information content (AvgIpc) is 2.53. The van der Waals surface area contributed by atoms with Gasteiger partial charge in [0.25, 0.3) is 0 Å². The van der Waals surface area contributed by atoms with Gasteiger partial charge in [-0.05, 0) is 25.0 Å². The first kappa shape index (κ1) is 13.4. The van der Waals surface area contributed by atoms with Crippen molar-refractivity contribution in [2.24, 2.45) is 5.73 Å². The lowest BCUT2D eigenvalue weighted by molar-refractivity contribution is 0.425. The summed E-state index contributed by atoms with van der Waals surface area (Å²) in [5.74, 6) is 1.07. The van der Waals surface area contributed by atoms with E-state index in [0.29, 0.717) is 12.6 Å². The summed E-state index contributed by atoms with van der Waals surface area (Å²) < 4.78 is 0. The second kappa shape index (κ2) is 5.80. The molecule has 0 bridgehead atoms. The number of nitrogens with two attached hydrogens (primary N) is 1. The third-order valence-corrected chi connectivity index (χ3v) is 4.46. The third-order valence-electron chi connectivity index (χ3n) is 4.46. The molecule has 20 heavy (non-hydrogen) atoms. The first-order chi connectivity index (χ1) is 9.79. The fourth-order valence-electron chi connectivity index (χ4n) is 3.25. The van der Waals surface area contributed by atoms with Gasteiger partial charge < -0.3 is 10.6 Å². The van der Waals surface area contributed by atoms with Crippen molar-refractivity contribution in [1.29, 1.82) is 0 Å². The number of pyridine rings is 1. The largest absolute Gasteiger partial charge is 0.356 e. The summed E-state index contributed by atoms with van der Waals surface area (Å²) >= 11 is 0. The minimum Gasteiger partial charge on any atom is -0.356 e. The molecule has 1 aliphatic rings. The molecule has 0 unspecified atom stereocenters. The standard InChI is InChI=1S/C17H23N3/c1-20(15-8-3-2-4-9-15)17-14(12-18)11-13-7-5-6-10-16(13)19-17/h5-7,10-11,15H,2-4,8-9,12,18H2,1H3. The Morgan fingerprint density at radius 3 is 2.70 bits per heavy atom. The lowest BCUT2D eigenvalue weighted by Gasteiger charge is -2.33. The second-order valence-electron chi connectivity index (χ2n) is 5.77. The van der Waals surface area contributed by atoms with Gasteiger partial charge in [0, 0.05) is 30.6 Å². The lowest BCUT2D eigenvalue weighted by atomic mass is 9.94. The van der Waals surface area contributed by atoms with Gasteiger partial charge in [-0.1, -0.05) is 37.5 Å². The maximum atomic E-state index is 5.94. The Balaban J connectivity index is 1.99. The van der Waals surface area contributed by atoms with Crippen LogP contribution in [0.2, 0.25) is 0 Å². The zero-order valence-electron chi connectivity index (χ0n) is 12.2. The van der Waals surface area contributed by atoms with Gasteiger partial charge in [0.15, 0.2) is 0 Å². The molecule has 3 nitrogen and oxygen atoms in total. The van der Waals surface area contributed by atoms with Crippen molar-refractivity contribution in [3.63, 3.8) is 0 Å². The quantitative estimate of drug-likeness (QED) is 0.927. The van der Waals surface area contributed by atoms with Gasteiger partial charge in [-0.15, -0.1) is 0 Å². The number of hydrogen-bond acceptors (Lipinski definition) is 3. The highest BCUT2D eigenvalue weighted by Crippen LogP contribution is 2.29. The molecule has 1 aromatic carbocycles. The summed E-state index contributed by atoms with van der Waals surface area (Å²) in [5, 5.41) is 1.17. The normalized spacial score (nSPS) is 16.5. The van der Waals surface area contributed by atoms with Crippen LogP contribution in [0.3, 0.4) is 0 Å². The van der Waals surface area contributed by atoms with E-state index in [1.54, 1.807) is 0 Å². The van der Waals surface area contributed by atoms with Gasteiger partial charge in [0.2, 0.25) is 0 Å². The van der Waals surface area contributed by atoms with Crippen LogP contribution in [0.1, 0.15) is 37.7 Å². The van der Waals surface area contributed by atoms with E-state index in [0.717, 1.165) is 16.9 Å². The van der Waals surface area contributed by atoms with E-state index in [1.165, 1.54) is 37.5 Å². The number of rotatable bonds is 3. The van der Waals surface area contributed by atoms with Crippen LogP contribution in [0.5, 0.6) is 0 Å². The highest BCUT2D eigenvalue weighted by atomic mass is 15.2. The van der Waals surface area contributed by atoms with Crippen molar-refractivity contribution in [2.75, 3.05) is 11.9 Å². The predicted molar refractivity (Wildman–Crippen MR) is 84.9 cm³/mol. The monoisotopic (exact) mass is 269 g/mol. The Morgan fingerprint density at radius 1 is 1.20 bits per heavy atom. The maximum absolute atomic E-state index is 5.94. The number of para-hydroxylation sites is 1. The molecular formula is C17H23N3. The molecular weight excluding hydrogens is 246 g/mol. The van der Waals surface area contributed by atoms with Crippen LogP contribution >= 0.6 is 0 Å². The van der Waals surface area contributed by atoms with Crippen LogP contribution in [0.15, 0.2) is 30.3 Å². The molecule has 3 rings (SSSR count). The predicted octanol–water partition coefficient (Wildman–Crippen LogP) is 3.46. The molecule has 106 valence electrons. The van der Waals surface area contributed by atoms with Crippen LogP contribution in [0.4, 0.5) is 5.82 Å². The summed E-state index contributed by atoms with van der Waals surface area (Å²) in [6, 6.07) is 11.1. The maximum Gasteiger partial charge on any atom is 0.133 e. The molecule has 1 saturated carbocycles. The summed E-state index contributed by atoms with van der Waals surface area (Å²) in [6.45, 7) is 0.546. The first-order valence-corrected chi connectivity index (χ1v) is 7.61. The van der Waals surface area contributed by atoms with Crippen molar-refractivity contribution in [1.82, 2.24) is 4.98 Å². The van der Waals surface area contributed by atoms with E-state index in [2.05, 4.69) is 36.2 Å². The van der Waals surface area contributed by atoms with Gasteiger partial charge in [0.05, 0.1) is 5.52 Å². The van der Waals surface area contributed by atoms with E-state index in [9.17, 15) is 0 Å². The molecule has 1 heterocycles. The number of nitrogens with zero attached hydrogens (tertiary/aromatic N) is 2. The first-order valence-electron chi connectivity index (χ1n) is 7.61. The highest BCUT2D eigenvalue weighted by Gasteiger charge is 2.21. The number of aromatic nitrogens is 1. The molecule has 0 spiro atoms. The van der Waals surface area contributed by atoms with E-state index >= 15 is 0 Å². The Kier molecular flexibility index (Phi) is 3.88. The molecule has 0 atom stereocenters. The Labute approximate surface area is 120 Å². The SMILES string of the molecule is CN(c1nc2ccccc2cc1CN)C1CCCCC1. The molecule has 0 aliphatic heterocycles. The fraction of sp³-hybridized carbons (Fsp3) is 0.471. The fourth-order valence-corrected chi connectivity index (χ4v) is 3.25. The topological polar surface area (TPSA) is 42.2 Å². The van der Waals surface area contributed by atoms with Gasteiger partial charge in [0.1, 0.15) is 5.82 Å². The zero-order valence-corrected chi connectivity index (χ0v) is 12.2. The molecule has 0 radical (unpaired) electrons. The number of benzene rings is 1. The van der Waals surface area contributed by atoms with Crippen LogP contribution in [-0.2, 0) is 6.54 Å². The van der Waals surface area contributed by atoms with Crippen molar-refractivity contribution in [3.05, 3.63) is 35.9 Å². The molecule has 1 aliphatic carbocycles. The molecule has 1 fully saturated rings. The minimum atomic E-state index is 0.546. The Morgan fingerprint density at radius 2 is 1.95 bits per heavy atom. The number of anilines is 1. The summed E-state index contributed by atoms with van der Waals surface area (Å²) in [6.07, 6.45) is 6.59. The van der Waals surface area contributed by atoms with Crippen LogP contribution in [0.25, 0.3) is 10.9 Å². The zero-order chi connectivity index (χ0) is 13.9. The Hall–Kier alpha value is -1.61. The smallest absolute Gasteiger partial charge is 0.133 e. The number of fused-ring (bicyclic) bond motifs is 1. The molecule has 2 aromatic rings.